The lowest BCUT2D eigenvalue weighted by molar-refractivity contribution is 0.343. The number of allylic oxidation sites excluding steroid dienone is 1. The topological polar surface area (TPSA) is 20.2 Å². The van der Waals surface area contributed by atoms with Crippen molar-refractivity contribution in [2.75, 3.05) is 6.61 Å². The molecule has 0 atom stereocenters. The minimum absolute atomic E-state index is 0.0817. The van der Waals surface area contributed by atoms with Crippen molar-refractivity contribution in [1.82, 2.24) is 0 Å². The summed E-state index contributed by atoms with van der Waals surface area (Å²) in [6, 6.07) is 0. The van der Waals surface area contributed by atoms with E-state index >= 15 is 0 Å². The molecule has 0 aliphatic carbocycles. The number of rotatable bonds is 1. The first-order chi connectivity index (χ1) is 3.91. The summed E-state index contributed by atoms with van der Waals surface area (Å²) in [5, 5.41) is 8.21. The fourth-order valence-corrected chi connectivity index (χ4v) is 0.273. The number of aliphatic hydroxyl groups excluding tert-OH is 1. The summed E-state index contributed by atoms with van der Waals surface area (Å²) in [5.41, 5.74) is 0. The van der Waals surface area contributed by atoms with Crippen molar-refractivity contribution in [3.8, 4) is 11.8 Å². The Morgan fingerprint density at radius 1 is 1.62 bits per heavy atom. The van der Waals surface area contributed by atoms with Gasteiger partial charge < -0.3 is 5.11 Å². The predicted octanol–water partition coefficient (Wildman–Crippen LogP) is 0.948. The van der Waals surface area contributed by atoms with Gasteiger partial charge in [-0.05, 0) is 6.08 Å². The summed E-state index contributed by atoms with van der Waals surface area (Å²) < 4.78 is 0. The second kappa shape index (κ2) is 6.26. The van der Waals surface area contributed by atoms with Gasteiger partial charge in [-0.25, -0.2) is 0 Å². The largest absolute Gasteiger partial charge is 0.392 e. The normalized spacial score (nSPS) is 8.75. The summed E-state index contributed by atoms with van der Waals surface area (Å²) in [5.74, 6) is 5.58. The standard InChI is InChI=1S/C7H10O/c1-2-3-4-5-6-7-8/h5-6,8H,2,7H2,1H3/b6-5-. The zero-order chi connectivity index (χ0) is 6.24. The summed E-state index contributed by atoms with van der Waals surface area (Å²) in [6.45, 7) is 2.07. The molecule has 0 aliphatic heterocycles. The molecule has 0 fully saturated rings. The van der Waals surface area contributed by atoms with Crippen LogP contribution in [0.5, 0.6) is 0 Å². The lowest BCUT2D eigenvalue weighted by Crippen LogP contribution is -1.67. The number of hydrogen-bond acceptors (Lipinski definition) is 1. The zero-order valence-electron chi connectivity index (χ0n) is 5.02. The van der Waals surface area contributed by atoms with Crippen molar-refractivity contribution in [2.24, 2.45) is 0 Å². The molecule has 0 radical (unpaired) electrons. The van der Waals surface area contributed by atoms with E-state index in [1.807, 2.05) is 6.92 Å². The molecule has 1 nitrogen and oxygen atoms in total. The molecule has 1 heteroatoms. The Bertz CT molecular complexity index is 114. The smallest absolute Gasteiger partial charge is 0.0621 e. The first-order valence-electron chi connectivity index (χ1n) is 2.66. The van der Waals surface area contributed by atoms with Crippen molar-refractivity contribution in [3.05, 3.63) is 12.2 Å². The highest BCUT2D eigenvalue weighted by Crippen LogP contribution is 1.69. The molecule has 0 aliphatic rings. The van der Waals surface area contributed by atoms with Crippen LogP contribution in [-0.2, 0) is 0 Å². The van der Waals surface area contributed by atoms with Gasteiger partial charge in [0.1, 0.15) is 0 Å². The molecule has 0 heterocycles. The quantitative estimate of drug-likeness (QED) is 0.498. The van der Waals surface area contributed by atoms with Gasteiger partial charge in [-0.1, -0.05) is 24.8 Å². The van der Waals surface area contributed by atoms with Crippen LogP contribution < -0.4 is 0 Å². The maximum absolute atomic E-state index is 8.21. The molecule has 0 spiro atoms. The van der Waals surface area contributed by atoms with E-state index in [0.717, 1.165) is 6.42 Å². The third-order valence-corrected chi connectivity index (χ3v) is 0.585. The van der Waals surface area contributed by atoms with Crippen LogP contribution in [0.3, 0.4) is 0 Å². The molecule has 8 heavy (non-hydrogen) atoms. The first kappa shape index (κ1) is 7.26. The molecular weight excluding hydrogens is 100 g/mol. The molecule has 0 aromatic carbocycles. The Balaban J connectivity index is 3.26. The SMILES string of the molecule is CCC#C/C=C\CO. The molecule has 0 saturated carbocycles. The highest BCUT2D eigenvalue weighted by Gasteiger charge is 1.60. The van der Waals surface area contributed by atoms with Crippen LogP contribution >= 0.6 is 0 Å². The Labute approximate surface area is 50.0 Å². The minimum atomic E-state index is 0.0817. The van der Waals surface area contributed by atoms with Crippen LogP contribution in [-0.4, -0.2) is 11.7 Å². The van der Waals surface area contributed by atoms with E-state index in [2.05, 4.69) is 11.8 Å². The summed E-state index contributed by atoms with van der Waals surface area (Å²) >= 11 is 0. The summed E-state index contributed by atoms with van der Waals surface area (Å²) in [7, 11) is 0. The fraction of sp³-hybridized carbons (Fsp3) is 0.429. The third-order valence-electron chi connectivity index (χ3n) is 0.585. The van der Waals surface area contributed by atoms with E-state index in [1.54, 1.807) is 12.2 Å². The molecular formula is C7H10O. The van der Waals surface area contributed by atoms with Gasteiger partial charge in [-0.2, -0.15) is 0 Å². The van der Waals surface area contributed by atoms with Crippen molar-refractivity contribution in [2.45, 2.75) is 13.3 Å². The van der Waals surface area contributed by atoms with Gasteiger partial charge in [0.05, 0.1) is 6.61 Å². The third kappa shape index (κ3) is 5.26. The van der Waals surface area contributed by atoms with E-state index in [9.17, 15) is 0 Å². The average Bonchev–Trinajstić information content (AvgIpc) is 1.81. The Morgan fingerprint density at radius 3 is 2.88 bits per heavy atom. The molecule has 0 rings (SSSR count). The highest BCUT2D eigenvalue weighted by molar-refractivity contribution is 5.14. The molecule has 0 bridgehead atoms. The minimum Gasteiger partial charge on any atom is -0.392 e. The maximum Gasteiger partial charge on any atom is 0.0621 e. The van der Waals surface area contributed by atoms with E-state index < -0.39 is 0 Å². The second-order valence-corrected chi connectivity index (χ2v) is 1.26. The van der Waals surface area contributed by atoms with E-state index in [1.165, 1.54) is 0 Å². The molecule has 0 amide bonds. The number of hydrogen-bond donors (Lipinski definition) is 1. The summed E-state index contributed by atoms with van der Waals surface area (Å²) in [6.07, 6.45) is 4.14. The summed E-state index contributed by atoms with van der Waals surface area (Å²) in [4.78, 5) is 0. The molecule has 44 valence electrons. The van der Waals surface area contributed by atoms with Gasteiger partial charge in [0.25, 0.3) is 0 Å². The lowest BCUT2D eigenvalue weighted by Gasteiger charge is -1.69. The van der Waals surface area contributed by atoms with E-state index in [0.29, 0.717) is 0 Å². The molecule has 0 aromatic rings. The van der Waals surface area contributed by atoms with Crippen molar-refractivity contribution in [3.63, 3.8) is 0 Å². The monoisotopic (exact) mass is 110 g/mol. The van der Waals surface area contributed by atoms with Gasteiger partial charge in [0.15, 0.2) is 0 Å². The highest BCUT2D eigenvalue weighted by atomic mass is 16.2. The lowest BCUT2D eigenvalue weighted by atomic mass is 10.4. The van der Waals surface area contributed by atoms with E-state index in [4.69, 9.17) is 5.11 Å². The number of aliphatic hydroxyl groups is 1. The van der Waals surface area contributed by atoms with Gasteiger partial charge in [-0.3, -0.25) is 0 Å². The van der Waals surface area contributed by atoms with Crippen LogP contribution in [0.25, 0.3) is 0 Å². The Hall–Kier alpha value is -0.740. The van der Waals surface area contributed by atoms with Gasteiger partial charge >= 0.3 is 0 Å². The molecule has 0 aromatic heterocycles. The van der Waals surface area contributed by atoms with Gasteiger partial charge in [0.2, 0.25) is 0 Å². The van der Waals surface area contributed by atoms with Crippen LogP contribution in [0.2, 0.25) is 0 Å². The van der Waals surface area contributed by atoms with Crippen molar-refractivity contribution in [1.29, 1.82) is 0 Å². The average molecular weight is 110 g/mol. The van der Waals surface area contributed by atoms with E-state index in [-0.39, 0.29) is 6.61 Å². The van der Waals surface area contributed by atoms with Gasteiger partial charge in [0, 0.05) is 6.42 Å². The van der Waals surface area contributed by atoms with Crippen LogP contribution in [0.1, 0.15) is 13.3 Å². The molecule has 1 N–H and O–H groups in total. The molecule has 0 saturated heterocycles. The molecule has 0 unspecified atom stereocenters. The first-order valence-corrected chi connectivity index (χ1v) is 2.66. The fourth-order valence-electron chi connectivity index (χ4n) is 0.273. The maximum atomic E-state index is 8.21. The Morgan fingerprint density at radius 2 is 2.38 bits per heavy atom. The van der Waals surface area contributed by atoms with Crippen molar-refractivity contribution < 1.29 is 5.11 Å². The van der Waals surface area contributed by atoms with Crippen LogP contribution in [0.15, 0.2) is 12.2 Å². The van der Waals surface area contributed by atoms with Crippen LogP contribution in [0, 0.1) is 11.8 Å². The van der Waals surface area contributed by atoms with Crippen LogP contribution in [0.4, 0.5) is 0 Å². The predicted molar refractivity (Wildman–Crippen MR) is 34.3 cm³/mol. The Kier molecular flexibility index (Phi) is 5.68. The van der Waals surface area contributed by atoms with Gasteiger partial charge in [-0.15, -0.1) is 0 Å². The second-order valence-electron chi connectivity index (χ2n) is 1.26. The van der Waals surface area contributed by atoms with Crippen molar-refractivity contribution >= 4 is 0 Å². The zero-order valence-corrected chi connectivity index (χ0v) is 5.02.